The molecule has 0 aromatic heterocycles. The summed E-state index contributed by atoms with van der Waals surface area (Å²) >= 11 is 0. The first kappa shape index (κ1) is 9.45. The maximum Gasteiger partial charge on any atom is 0.178 e. The van der Waals surface area contributed by atoms with Crippen LogP contribution in [0.4, 0.5) is 0 Å². The van der Waals surface area contributed by atoms with Crippen molar-refractivity contribution in [2.75, 3.05) is 0 Å². The molecule has 0 bridgehead atoms. The molecular weight excluding hydrogens is 182 g/mol. The van der Waals surface area contributed by atoms with E-state index in [-0.39, 0.29) is 11.8 Å². The van der Waals surface area contributed by atoms with E-state index in [0.717, 1.165) is 11.1 Å². The first-order valence-corrected chi connectivity index (χ1v) is 4.55. The van der Waals surface area contributed by atoms with Crippen molar-refractivity contribution in [3.05, 3.63) is 28.8 Å². The molecule has 0 radical (unpaired) electrons. The largest absolute Gasteiger partial charge is 0.508 e. The number of hydrogen-bond acceptors (Lipinski definition) is 4. The highest BCUT2D eigenvalue weighted by Gasteiger charge is 2.25. The Bertz CT molecular complexity index is 363. The lowest BCUT2D eigenvalue weighted by molar-refractivity contribution is -0.0430. The van der Waals surface area contributed by atoms with Gasteiger partial charge in [0.05, 0.1) is 0 Å². The van der Waals surface area contributed by atoms with Crippen LogP contribution in [0.1, 0.15) is 23.0 Å². The second-order valence-corrected chi connectivity index (χ2v) is 3.67. The van der Waals surface area contributed by atoms with Crippen molar-refractivity contribution in [3.8, 4) is 5.75 Å². The van der Waals surface area contributed by atoms with E-state index in [2.05, 4.69) is 0 Å². The van der Waals surface area contributed by atoms with Crippen molar-refractivity contribution in [2.24, 2.45) is 5.73 Å². The van der Waals surface area contributed by atoms with E-state index < -0.39 is 6.29 Å². The summed E-state index contributed by atoms with van der Waals surface area (Å²) in [5, 5.41) is 27.7. The van der Waals surface area contributed by atoms with Gasteiger partial charge in [-0.15, -0.1) is 0 Å². The highest BCUT2D eigenvalue weighted by Crippen LogP contribution is 2.33. The molecule has 1 aliphatic carbocycles. The highest BCUT2D eigenvalue weighted by atomic mass is 16.5. The number of nitrogens with two attached hydrogens (primary N) is 1. The molecule has 14 heavy (non-hydrogen) atoms. The average molecular weight is 195 g/mol. The van der Waals surface area contributed by atoms with E-state index >= 15 is 0 Å². The number of aromatic hydroxyl groups is 1. The molecule has 0 aliphatic heterocycles. The van der Waals surface area contributed by atoms with E-state index in [1.807, 2.05) is 0 Å². The molecule has 0 heterocycles. The van der Waals surface area contributed by atoms with Gasteiger partial charge in [-0.2, -0.15) is 0 Å². The molecule has 1 aromatic carbocycles. The van der Waals surface area contributed by atoms with Crippen LogP contribution in [-0.2, 0) is 12.8 Å². The molecule has 0 amide bonds. The third-order valence-electron chi connectivity index (χ3n) is 2.65. The Labute approximate surface area is 81.6 Å². The molecule has 0 fully saturated rings. The third-order valence-corrected chi connectivity index (χ3v) is 2.65. The van der Waals surface area contributed by atoms with Gasteiger partial charge in [0.25, 0.3) is 0 Å². The molecule has 0 saturated heterocycles. The Morgan fingerprint density at radius 2 is 1.86 bits per heavy atom. The Hall–Kier alpha value is -1.10. The zero-order valence-corrected chi connectivity index (χ0v) is 7.64. The van der Waals surface area contributed by atoms with Gasteiger partial charge in [0.15, 0.2) is 6.29 Å². The molecule has 1 unspecified atom stereocenters. The summed E-state index contributed by atoms with van der Waals surface area (Å²) in [5.41, 5.74) is 7.74. The number of aliphatic hydroxyl groups is 2. The fourth-order valence-electron chi connectivity index (χ4n) is 2.01. The van der Waals surface area contributed by atoms with Crippen LogP contribution in [0.2, 0.25) is 0 Å². The second kappa shape index (κ2) is 3.24. The first-order chi connectivity index (χ1) is 6.59. The predicted octanol–water partition coefficient (Wildman–Crippen LogP) is -0.199. The minimum Gasteiger partial charge on any atom is -0.508 e. The minimum atomic E-state index is -1.49. The van der Waals surface area contributed by atoms with Crippen LogP contribution < -0.4 is 5.73 Å². The minimum absolute atomic E-state index is 0.0317. The summed E-state index contributed by atoms with van der Waals surface area (Å²) in [5.74, 6) is 0.192. The standard InChI is InChI=1S/C10H13NO3/c11-5-3-7-6(10(13)14)1-2-9(12)8(7)4-5/h1-2,5,10,12-14H,3-4,11H2. The van der Waals surface area contributed by atoms with Crippen molar-refractivity contribution < 1.29 is 15.3 Å². The van der Waals surface area contributed by atoms with Gasteiger partial charge in [0.1, 0.15) is 5.75 Å². The lowest BCUT2D eigenvalue weighted by Crippen LogP contribution is -2.19. The number of rotatable bonds is 1. The maximum absolute atomic E-state index is 9.54. The summed E-state index contributed by atoms with van der Waals surface area (Å²) in [6.45, 7) is 0. The number of aliphatic hydroxyl groups excluding tert-OH is 1. The predicted molar refractivity (Wildman–Crippen MR) is 50.7 cm³/mol. The molecule has 0 saturated carbocycles. The number of fused-ring (bicyclic) bond motifs is 1. The normalized spacial score (nSPS) is 20.1. The van der Waals surface area contributed by atoms with Crippen molar-refractivity contribution >= 4 is 0 Å². The molecule has 4 heteroatoms. The molecule has 0 spiro atoms. The average Bonchev–Trinajstić information content (AvgIpc) is 2.47. The van der Waals surface area contributed by atoms with Gasteiger partial charge in [-0.25, -0.2) is 0 Å². The fourth-order valence-corrected chi connectivity index (χ4v) is 2.01. The number of hydrogen-bond donors (Lipinski definition) is 4. The Kier molecular flexibility index (Phi) is 2.19. The number of benzene rings is 1. The van der Waals surface area contributed by atoms with Gasteiger partial charge in [0.2, 0.25) is 0 Å². The van der Waals surface area contributed by atoms with Gasteiger partial charge in [-0.3, -0.25) is 0 Å². The smallest absolute Gasteiger partial charge is 0.178 e. The quantitative estimate of drug-likeness (QED) is 0.467. The van der Waals surface area contributed by atoms with Gasteiger partial charge >= 0.3 is 0 Å². The third kappa shape index (κ3) is 1.37. The van der Waals surface area contributed by atoms with Crippen LogP contribution in [0.25, 0.3) is 0 Å². The molecule has 5 N–H and O–H groups in total. The van der Waals surface area contributed by atoms with Crippen LogP contribution in [0.5, 0.6) is 5.75 Å². The molecular formula is C10H13NO3. The lowest BCUT2D eigenvalue weighted by Gasteiger charge is -2.10. The monoisotopic (exact) mass is 195 g/mol. The SMILES string of the molecule is NC1Cc2c(O)ccc(C(O)O)c2C1. The van der Waals surface area contributed by atoms with E-state index in [4.69, 9.17) is 15.9 Å². The van der Waals surface area contributed by atoms with Gasteiger partial charge in [-0.1, -0.05) is 6.07 Å². The van der Waals surface area contributed by atoms with Gasteiger partial charge in [0, 0.05) is 11.6 Å². The summed E-state index contributed by atoms with van der Waals surface area (Å²) in [7, 11) is 0. The van der Waals surface area contributed by atoms with E-state index in [1.54, 1.807) is 0 Å². The fraction of sp³-hybridized carbons (Fsp3) is 0.400. The van der Waals surface area contributed by atoms with E-state index in [1.165, 1.54) is 12.1 Å². The highest BCUT2D eigenvalue weighted by molar-refractivity contribution is 5.48. The molecule has 1 aromatic rings. The van der Waals surface area contributed by atoms with E-state index in [9.17, 15) is 5.11 Å². The Morgan fingerprint density at radius 1 is 1.21 bits per heavy atom. The van der Waals surface area contributed by atoms with Crippen LogP contribution >= 0.6 is 0 Å². The number of phenols is 1. The molecule has 76 valence electrons. The zero-order chi connectivity index (χ0) is 10.3. The van der Waals surface area contributed by atoms with Crippen molar-refractivity contribution in [2.45, 2.75) is 25.2 Å². The topological polar surface area (TPSA) is 86.7 Å². The van der Waals surface area contributed by atoms with Crippen LogP contribution in [0, 0.1) is 0 Å². The van der Waals surface area contributed by atoms with Crippen LogP contribution in [0.3, 0.4) is 0 Å². The molecule has 4 nitrogen and oxygen atoms in total. The van der Waals surface area contributed by atoms with Gasteiger partial charge in [-0.05, 0) is 30.0 Å². The Balaban J connectivity index is 2.53. The number of phenolic OH excluding ortho intramolecular Hbond substituents is 1. The summed E-state index contributed by atoms with van der Waals surface area (Å²) in [6, 6.07) is 2.97. The summed E-state index contributed by atoms with van der Waals surface area (Å²) in [4.78, 5) is 0. The van der Waals surface area contributed by atoms with Crippen molar-refractivity contribution in [1.29, 1.82) is 0 Å². The second-order valence-electron chi connectivity index (χ2n) is 3.67. The molecule has 1 aliphatic rings. The van der Waals surface area contributed by atoms with Crippen LogP contribution in [-0.4, -0.2) is 21.4 Å². The molecule has 1 atom stereocenters. The van der Waals surface area contributed by atoms with Crippen molar-refractivity contribution in [1.82, 2.24) is 0 Å². The maximum atomic E-state index is 9.54. The molecule has 2 rings (SSSR count). The zero-order valence-electron chi connectivity index (χ0n) is 7.64. The first-order valence-electron chi connectivity index (χ1n) is 4.55. The Morgan fingerprint density at radius 3 is 2.50 bits per heavy atom. The van der Waals surface area contributed by atoms with Crippen LogP contribution in [0.15, 0.2) is 12.1 Å². The van der Waals surface area contributed by atoms with E-state index in [0.29, 0.717) is 18.4 Å². The summed E-state index contributed by atoms with van der Waals surface area (Å²) in [6.07, 6.45) is -0.298. The van der Waals surface area contributed by atoms with Gasteiger partial charge < -0.3 is 21.1 Å². The van der Waals surface area contributed by atoms with Crippen molar-refractivity contribution in [3.63, 3.8) is 0 Å². The lowest BCUT2D eigenvalue weighted by atomic mass is 10.0. The summed E-state index contributed by atoms with van der Waals surface area (Å²) < 4.78 is 0.